The average molecular weight is 166 g/mol. The van der Waals surface area contributed by atoms with E-state index in [2.05, 4.69) is 22.2 Å². The van der Waals surface area contributed by atoms with Gasteiger partial charge in [-0.25, -0.2) is 4.98 Å². The van der Waals surface area contributed by atoms with E-state index in [1.807, 2.05) is 6.92 Å². The van der Waals surface area contributed by atoms with Gasteiger partial charge in [0.25, 0.3) is 0 Å². The maximum absolute atomic E-state index is 5.54. The van der Waals surface area contributed by atoms with E-state index in [0.717, 1.165) is 18.7 Å². The summed E-state index contributed by atoms with van der Waals surface area (Å²) in [5, 5.41) is 3.07. The van der Waals surface area contributed by atoms with Gasteiger partial charge in [0.05, 0.1) is 0 Å². The van der Waals surface area contributed by atoms with Crippen LogP contribution in [0.15, 0.2) is 6.07 Å². The maximum Gasteiger partial charge on any atom is 0.224 e. The first-order valence-electron chi connectivity index (χ1n) is 4.07. The van der Waals surface area contributed by atoms with E-state index in [4.69, 9.17) is 5.73 Å². The highest BCUT2D eigenvalue weighted by atomic mass is 15.1. The van der Waals surface area contributed by atoms with Gasteiger partial charge >= 0.3 is 0 Å². The van der Waals surface area contributed by atoms with Crippen molar-refractivity contribution < 1.29 is 0 Å². The Morgan fingerprint density at radius 3 is 2.83 bits per heavy atom. The van der Waals surface area contributed by atoms with Crippen molar-refractivity contribution in [3.63, 3.8) is 0 Å². The lowest BCUT2D eigenvalue weighted by Gasteiger charge is -2.03. The Morgan fingerprint density at radius 1 is 1.50 bits per heavy atom. The van der Waals surface area contributed by atoms with Crippen LogP contribution in [-0.4, -0.2) is 16.5 Å². The van der Waals surface area contributed by atoms with Gasteiger partial charge in [-0.3, -0.25) is 0 Å². The number of nitrogens with two attached hydrogens (primary N) is 1. The van der Waals surface area contributed by atoms with Crippen molar-refractivity contribution in [2.45, 2.75) is 20.3 Å². The number of anilines is 2. The molecule has 0 atom stereocenters. The molecule has 0 spiro atoms. The normalized spacial score (nSPS) is 9.83. The highest BCUT2D eigenvalue weighted by Gasteiger charge is 1.96. The van der Waals surface area contributed by atoms with Gasteiger partial charge in [0, 0.05) is 18.3 Å². The van der Waals surface area contributed by atoms with E-state index < -0.39 is 0 Å². The zero-order valence-corrected chi connectivity index (χ0v) is 7.46. The Kier molecular flexibility index (Phi) is 2.85. The van der Waals surface area contributed by atoms with Gasteiger partial charge in [-0.05, 0) is 13.3 Å². The Balaban J connectivity index is 2.72. The van der Waals surface area contributed by atoms with Crippen LogP contribution in [0, 0.1) is 6.92 Å². The van der Waals surface area contributed by atoms with Crippen LogP contribution in [0.5, 0.6) is 0 Å². The van der Waals surface area contributed by atoms with Crippen molar-refractivity contribution in [1.29, 1.82) is 0 Å². The van der Waals surface area contributed by atoms with Gasteiger partial charge in [-0.15, -0.1) is 0 Å². The molecular weight excluding hydrogens is 152 g/mol. The largest absolute Gasteiger partial charge is 0.384 e. The molecule has 0 amide bonds. The van der Waals surface area contributed by atoms with Gasteiger partial charge in [0.15, 0.2) is 0 Å². The Morgan fingerprint density at radius 2 is 2.25 bits per heavy atom. The lowest BCUT2D eigenvalue weighted by atomic mass is 10.4. The van der Waals surface area contributed by atoms with Crippen LogP contribution in [-0.2, 0) is 0 Å². The highest BCUT2D eigenvalue weighted by Crippen LogP contribution is 2.05. The minimum Gasteiger partial charge on any atom is -0.384 e. The minimum absolute atomic E-state index is 0.515. The van der Waals surface area contributed by atoms with Crippen LogP contribution >= 0.6 is 0 Å². The molecule has 4 nitrogen and oxygen atoms in total. The summed E-state index contributed by atoms with van der Waals surface area (Å²) in [4.78, 5) is 8.20. The van der Waals surface area contributed by atoms with Crippen LogP contribution in [0.25, 0.3) is 0 Å². The minimum atomic E-state index is 0.515. The molecule has 66 valence electrons. The Bertz CT molecular complexity index is 239. The maximum atomic E-state index is 5.54. The fraction of sp³-hybridized carbons (Fsp3) is 0.500. The number of nitrogens with zero attached hydrogens (tertiary/aromatic N) is 2. The summed E-state index contributed by atoms with van der Waals surface area (Å²) in [7, 11) is 0. The number of nitrogens with one attached hydrogen (secondary N) is 1. The number of nitrogen functional groups attached to an aromatic ring is 1. The first kappa shape index (κ1) is 8.77. The second kappa shape index (κ2) is 3.90. The van der Waals surface area contributed by atoms with Crippen LogP contribution in [0.2, 0.25) is 0 Å². The van der Waals surface area contributed by atoms with Crippen LogP contribution < -0.4 is 11.1 Å². The SMILES string of the molecule is CCCNc1nc(C)cc(N)n1. The van der Waals surface area contributed by atoms with E-state index in [0.29, 0.717) is 11.8 Å². The van der Waals surface area contributed by atoms with Gasteiger partial charge in [-0.2, -0.15) is 4.98 Å². The lowest BCUT2D eigenvalue weighted by molar-refractivity contribution is 0.948. The molecule has 0 saturated carbocycles. The summed E-state index contributed by atoms with van der Waals surface area (Å²) in [6.07, 6.45) is 1.05. The fourth-order valence-corrected chi connectivity index (χ4v) is 0.909. The Labute approximate surface area is 72.2 Å². The third kappa shape index (κ3) is 2.38. The molecule has 0 aliphatic carbocycles. The van der Waals surface area contributed by atoms with E-state index in [1.165, 1.54) is 0 Å². The van der Waals surface area contributed by atoms with Gasteiger partial charge in [0.1, 0.15) is 5.82 Å². The molecule has 0 aliphatic rings. The third-order valence-corrected chi connectivity index (χ3v) is 1.41. The van der Waals surface area contributed by atoms with Crippen molar-refractivity contribution in [2.24, 2.45) is 0 Å². The third-order valence-electron chi connectivity index (χ3n) is 1.41. The summed E-state index contributed by atoms with van der Waals surface area (Å²) >= 11 is 0. The van der Waals surface area contributed by atoms with Gasteiger partial charge in [-0.1, -0.05) is 6.92 Å². The first-order valence-corrected chi connectivity index (χ1v) is 4.07. The molecule has 0 fully saturated rings. The van der Waals surface area contributed by atoms with Gasteiger partial charge in [0.2, 0.25) is 5.95 Å². The molecular formula is C8H14N4. The fourth-order valence-electron chi connectivity index (χ4n) is 0.909. The predicted molar refractivity (Wildman–Crippen MR) is 50.0 cm³/mol. The van der Waals surface area contributed by atoms with Crippen molar-refractivity contribution >= 4 is 11.8 Å². The molecule has 1 aromatic heterocycles. The van der Waals surface area contributed by atoms with E-state index in [1.54, 1.807) is 6.07 Å². The molecule has 0 aliphatic heterocycles. The number of hydrogen-bond acceptors (Lipinski definition) is 4. The number of aryl methyl sites for hydroxylation is 1. The average Bonchev–Trinajstić information content (AvgIpc) is 1.99. The zero-order chi connectivity index (χ0) is 8.97. The predicted octanol–water partition coefficient (Wildman–Crippen LogP) is 1.19. The quantitative estimate of drug-likeness (QED) is 0.708. The summed E-state index contributed by atoms with van der Waals surface area (Å²) < 4.78 is 0. The molecule has 0 bridgehead atoms. The second-order valence-electron chi connectivity index (χ2n) is 2.68. The molecule has 0 unspecified atom stereocenters. The molecule has 1 aromatic rings. The van der Waals surface area contributed by atoms with Crippen molar-refractivity contribution in [3.8, 4) is 0 Å². The van der Waals surface area contributed by atoms with Crippen LogP contribution in [0.4, 0.5) is 11.8 Å². The molecule has 12 heavy (non-hydrogen) atoms. The summed E-state index contributed by atoms with van der Waals surface area (Å²) in [5.74, 6) is 1.13. The van der Waals surface area contributed by atoms with Crippen molar-refractivity contribution in [1.82, 2.24) is 9.97 Å². The molecule has 3 N–H and O–H groups in total. The number of hydrogen-bond donors (Lipinski definition) is 2. The van der Waals surface area contributed by atoms with Gasteiger partial charge < -0.3 is 11.1 Å². The summed E-state index contributed by atoms with van der Waals surface area (Å²) in [6.45, 7) is 4.87. The topological polar surface area (TPSA) is 63.8 Å². The highest BCUT2D eigenvalue weighted by molar-refractivity contribution is 5.37. The van der Waals surface area contributed by atoms with Crippen molar-refractivity contribution in [3.05, 3.63) is 11.8 Å². The van der Waals surface area contributed by atoms with E-state index >= 15 is 0 Å². The number of rotatable bonds is 3. The molecule has 0 saturated heterocycles. The summed E-state index contributed by atoms with van der Waals surface area (Å²) in [6, 6.07) is 1.75. The standard InChI is InChI=1S/C8H14N4/c1-3-4-10-8-11-6(2)5-7(9)12-8/h5H,3-4H2,1-2H3,(H3,9,10,11,12). The Hall–Kier alpha value is -1.32. The van der Waals surface area contributed by atoms with E-state index in [-0.39, 0.29) is 0 Å². The van der Waals surface area contributed by atoms with Crippen LogP contribution in [0.1, 0.15) is 19.0 Å². The molecule has 0 radical (unpaired) electrons. The molecule has 1 heterocycles. The molecule has 1 rings (SSSR count). The number of aromatic nitrogens is 2. The monoisotopic (exact) mass is 166 g/mol. The second-order valence-corrected chi connectivity index (χ2v) is 2.68. The van der Waals surface area contributed by atoms with Crippen LogP contribution in [0.3, 0.4) is 0 Å². The molecule has 0 aromatic carbocycles. The van der Waals surface area contributed by atoms with Crippen molar-refractivity contribution in [2.75, 3.05) is 17.6 Å². The zero-order valence-electron chi connectivity index (χ0n) is 7.46. The smallest absolute Gasteiger partial charge is 0.224 e. The van der Waals surface area contributed by atoms with E-state index in [9.17, 15) is 0 Å². The molecule has 4 heteroatoms. The first-order chi connectivity index (χ1) is 5.72. The lowest BCUT2D eigenvalue weighted by Crippen LogP contribution is -2.06. The summed E-state index contributed by atoms with van der Waals surface area (Å²) in [5.41, 5.74) is 6.43.